The van der Waals surface area contributed by atoms with Gasteiger partial charge in [-0.25, -0.2) is 0 Å². The van der Waals surface area contributed by atoms with Crippen molar-refractivity contribution in [1.29, 1.82) is 0 Å². The van der Waals surface area contributed by atoms with E-state index in [1.54, 1.807) is 12.1 Å². The Hall–Kier alpha value is -2.12. The van der Waals surface area contributed by atoms with E-state index < -0.39 is 5.97 Å². The first-order valence-electron chi connectivity index (χ1n) is 11.2. The molecule has 1 aromatic carbocycles. The van der Waals surface area contributed by atoms with E-state index in [9.17, 15) is 14.4 Å². The van der Waals surface area contributed by atoms with Crippen LogP contribution in [0.15, 0.2) is 24.3 Å². The number of halogens is 1. The molecule has 0 spiro atoms. The van der Waals surface area contributed by atoms with Crippen molar-refractivity contribution in [2.45, 2.75) is 56.9 Å². The number of amides is 2. The lowest BCUT2D eigenvalue weighted by atomic mass is 9.82. The van der Waals surface area contributed by atoms with Crippen LogP contribution in [-0.4, -0.2) is 48.6 Å². The maximum absolute atomic E-state index is 12.7. The van der Waals surface area contributed by atoms with E-state index in [-0.39, 0.29) is 36.1 Å². The first-order chi connectivity index (χ1) is 14.9. The molecular weight excluding hydrogens is 418 g/mol. The van der Waals surface area contributed by atoms with E-state index in [1.807, 2.05) is 12.1 Å². The van der Waals surface area contributed by atoms with Crippen LogP contribution in [0.1, 0.15) is 56.4 Å². The van der Waals surface area contributed by atoms with Gasteiger partial charge in [0.1, 0.15) is 0 Å². The Morgan fingerprint density at radius 1 is 1.06 bits per heavy atom. The fourth-order valence-corrected chi connectivity index (χ4v) is 4.59. The molecular formula is C23H32ClN3O4. The molecule has 2 aliphatic rings. The van der Waals surface area contributed by atoms with Gasteiger partial charge < -0.3 is 21.1 Å². The molecule has 7 nitrogen and oxygen atoms in total. The van der Waals surface area contributed by atoms with Gasteiger partial charge >= 0.3 is 5.97 Å². The van der Waals surface area contributed by atoms with Crippen molar-refractivity contribution in [3.63, 3.8) is 0 Å². The SMILES string of the molecule is O=C(CC(CNC(=O)C1CCCN1)c1ccc(Cl)cc1)NCC1CCC(C(=O)O)CC1. The molecule has 1 heterocycles. The third-order valence-corrected chi connectivity index (χ3v) is 6.71. The summed E-state index contributed by atoms with van der Waals surface area (Å²) in [4.78, 5) is 36.1. The van der Waals surface area contributed by atoms with Gasteiger partial charge in [0.15, 0.2) is 0 Å². The highest BCUT2D eigenvalue weighted by Gasteiger charge is 2.27. The highest BCUT2D eigenvalue weighted by molar-refractivity contribution is 6.30. The Morgan fingerprint density at radius 2 is 1.77 bits per heavy atom. The first-order valence-corrected chi connectivity index (χ1v) is 11.6. The largest absolute Gasteiger partial charge is 0.481 e. The van der Waals surface area contributed by atoms with Gasteiger partial charge in [-0.15, -0.1) is 0 Å². The van der Waals surface area contributed by atoms with Crippen LogP contribution in [0.25, 0.3) is 0 Å². The van der Waals surface area contributed by atoms with Crippen LogP contribution in [0.5, 0.6) is 0 Å². The number of benzene rings is 1. The third kappa shape index (κ3) is 7.21. The first kappa shape index (κ1) is 23.5. The Balaban J connectivity index is 1.51. The molecule has 170 valence electrons. The topological polar surface area (TPSA) is 108 Å². The summed E-state index contributed by atoms with van der Waals surface area (Å²) >= 11 is 6.01. The molecule has 1 aliphatic heterocycles. The number of aliphatic carboxylic acids is 1. The number of rotatable bonds is 9. The molecule has 1 aliphatic carbocycles. The zero-order valence-electron chi connectivity index (χ0n) is 17.7. The lowest BCUT2D eigenvalue weighted by Gasteiger charge is -2.26. The van der Waals surface area contributed by atoms with E-state index in [0.717, 1.165) is 37.8 Å². The minimum Gasteiger partial charge on any atom is -0.481 e. The number of carboxylic acid groups (broad SMARTS) is 1. The predicted molar refractivity (Wildman–Crippen MR) is 119 cm³/mol. The van der Waals surface area contributed by atoms with Crippen LogP contribution < -0.4 is 16.0 Å². The summed E-state index contributed by atoms with van der Waals surface area (Å²) in [6.45, 7) is 1.81. The number of hydrogen-bond donors (Lipinski definition) is 4. The molecule has 1 aromatic rings. The standard InChI is InChI=1S/C23H32ClN3O4/c24-19-9-7-16(8-10-19)18(14-27-22(29)20-2-1-11-25-20)12-21(28)26-13-15-3-5-17(6-4-15)23(30)31/h7-10,15,17-18,20,25H,1-6,11-14H2,(H,26,28)(H,27,29)(H,30,31). The molecule has 1 saturated heterocycles. The van der Waals surface area contributed by atoms with Crippen molar-refractivity contribution >= 4 is 29.4 Å². The van der Waals surface area contributed by atoms with Crippen LogP contribution in [-0.2, 0) is 14.4 Å². The van der Waals surface area contributed by atoms with E-state index >= 15 is 0 Å². The number of nitrogens with one attached hydrogen (secondary N) is 3. The second kappa shape index (κ2) is 11.5. The second-order valence-electron chi connectivity index (χ2n) is 8.71. The fourth-order valence-electron chi connectivity index (χ4n) is 4.47. The van der Waals surface area contributed by atoms with E-state index in [0.29, 0.717) is 36.9 Å². The van der Waals surface area contributed by atoms with Gasteiger partial charge in [0.05, 0.1) is 12.0 Å². The summed E-state index contributed by atoms with van der Waals surface area (Å²) in [5.74, 6) is -0.880. The molecule has 0 aromatic heterocycles. The summed E-state index contributed by atoms with van der Waals surface area (Å²) < 4.78 is 0. The molecule has 0 bridgehead atoms. The highest BCUT2D eigenvalue weighted by atomic mass is 35.5. The van der Waals surface area contributed by atoms with Crippen molar-refractivity contribution < 1.29 is 19.5 Å². The molecule has 2 unspecified atom stereocenters. The van der Waals surface area contributed by atoms with Gasteiger partial charge in [-0.3, -0.25) is 14.4 Å². The quantitative estimate of drug-likeness (QED) is 0.463. The van der Waals surface area contributed by atoms with Gasteiger partial charge in [-0.05, 0) is 68.7 Å². The van der Waals surface area contributed by atoms with Crippen LogP contribution in [0, 0.1) is 11.8 Å². The van der Waals surface area contributed by atoms with Gasteiger partial charge in [-0.1, -0.05) is 23.7 Å². The number of hydrogen-bond acceptors (Lipinski definition) is 4. The zero-order valence-corrected chi connectivity index (χ0v) is 18.5. The van der Waals surface area contributed by atoms with Gasteiger partial charge in [0.2, 0.25) is 11.8 Å². The summed E-state index contributed by atoms with van der Waals surface area (Å²) in [6.07, 6.45) is 5.08. The van der Waals surface area contributed by atoms with Crippen molar-refractivity contribution in [2.75, 3.05) is 19.6 Å². The number of carbonyl (C=O) groups is 3. The van der Waals surface area contributed by atoms with Crippen molar-refractivity contribution in [1.82, 2.24) is 16.0 Å². The maximum atomic E-state index is 12.7. The molecule has 2 amide bonds. The smallest absolute Gasteiger partial charge is 0.306 e. The van der Waals surface area contributed by atoms with Crippen LogP contribution in [0.4, 0.5) is 0 Å². The van der Waals surface area contributed by atoms with E-state index in [1.165, 1.54) is 0 Å². The van der Waals surface area contributed by atoms with Crippen LogP contribution >= 0.6 is 11.6 Å². The minimum atomic E-state index is -0.719. The molecule has 0 radical (unpaired) electrons. The lowest BCUT2D eigenvalue weighted by Crippen LogP contribution is -2.42. The number of carbonyl (C=O) groups excluding carboxylic acids is 2. The summed E-state index contributed by atoms with van der Waals surface area (Å²) in [6, 6.07) is 7.23. The molecule has 3 rings (SSSR count). The fraction of sp³-hybridized carbons (Fsp3) is 0.609. The van der Waals surface area contributed by atoms with Gasteiger partial charge in [-0.2, -0.15) is 0 Å². The highest BCUT2D eigenvalue weighted by Crippen LogP contribution is 2.28. The molecule has 8 heteroatoms. The Bertz CT molecular complexity index is 757. The molecule has 2 atom stereocenters. The average molecular weight is 450 g/mol. The van der Waals surface area contributed by atoms with Crippen LogP contribution in [0.2, 0.25) is 5.02 Å². The van der Waals surface area contributed by atoms with E-state index in [4.69, 9.17) is 16.7 Å². The average Bonchev–Trinajstić information content (AvgIpc) is 3.31. The van der Waals surface area contributed by atoms with E-state index in [2.05, 4.69) is 16.0 Å². The van der Waals surface area contributed by atoms with Crippen molar-refractivity contribution in [3.8, 4) is 0 Å². The predicted octanol–water partition coefficient (Wildman–Crippen LogP) is 2.69. The number of carboxylic acids is 1. The molecule has 4 N–H and O–H groups in total. The Kier molecular flexibility index (Phi) is 8.72. The third-order valence-electron chi connectivity index (χ3n) is 6.46. The van der Waals surface area contributed by atoms with Crippen molar-refractivity contribution in [2.24, 2.45) is 11.8 Å². The minimum absolute atomic E-state index is 0.0212. The Morgan fingerprint density at radius 3 is 2.39 bits per heavy atom. The summed E-state index contributed by atoms with van der Waals surface area (Å²) in [5, 5.41) is 18.9. The normalized spacial score (nSPS) is 24.4. The Labute approximate surface area is 188 Å². The summed E-state index contributed by atoms with van der Waals surface area (Å²) in [7, 11) is 0. The maximum Gasteiger partial charge on any atom is 0.306 e. The summed E-state index contributed by atoms with van der Waals surface area (Å²) in [5.41, 5.74) is 0.959. The second-order valence-corrected chi connectivity index (χ2v) is 9.14. The lowest BCUT2D eigenvalue weighted by molar-refractivity contribution is -0.143. The molecule has 31 heavy (non-hydrogen) atoms. The molecule has 2 fully saturated rings. The van der Waals surface area contributed by atoms with Gasteiger partial charge in [0, 0.05) is 30.5 Å². The molecule has 1 saturated carbocycles. The monoisotopic (exact) mass is 449 g/mol. The van der Waals surface area contributed by atoms with Crippen LogP contribution in [0.3, 0.4) is 0 Å². The van der Waals surface area contributed by atoms with Gasteiger partial charge in [0.25, 0.3) is 0 Å². The zero-order chi connectivity index (χ0) is 22.2. The van der Waals surface area contributed by atoms with Crippen molar-refractivity contribution in [3.05, 3.63) is 34.9 Å².